The van der Waals surface area contributed by atoms with E-state index in [0.29, 0.717) is 0 Å². The SMILES string of the molecule is C=CC1=C(C=C)C(=O)N(CCC(=O)CBr)C1=O. The molecule has 0 saturated heterocycles. The summed E-state index contributed by atoms with van der Waals surface area (Å²) in [7, 11) is 0. The Balaban J connectivity index is 2.84. The summed E-state index contributed by atoms with van der Waals surface area (Å²) in [5.41, 5.74) is 0.493. The second-order valence-electron chi connectivity index (χ2n) is 3.42. The van der Waals surface area contributed by atoms with Crippen molar-refractivity contribution in [2.75, 3.05) is 11.9 Å². The minimum absolute atomic E-state index is 0.0576. The fourth-order valence-electron chi connectivity index (χ4n) is 1.51. The van der Waals surface area contributed by atoms with Gasteiger partial charge in [0.2, 0.25) is 0 Å². The predicted molar refractivity (Wildman–Crippen MR) is 67.6 cm³/mol. The minimum atomic E-state index is -0.415. The number of halogens is 1. The maximum atomic E-state index is 11.8. The third-order valence-electron chi connectivity index (χ3n) is 2.41. The van der Waals surface area contributed by atoms with Gasteiger partial charge in [0.1, 0.15) is 5.78 Å². The standard InChI is InChI=1S/C12H12BrNO3/c1-3-9-10(4-2)12(17)14(11(9)16)6-5-8(15)7-13/h3-4H,1-2,5-7H2. The van der Waals surface area contributed by atoms with E-state index in [1.807, 2.05) is 0 Å². The van der Waals surface area contributed by atoms with E-state index in [-0.39, 0.29) is 35.2 Å². The molecule has 0 N–H and O–H groups in total. The van der Waals surface area contributed by atoms with Gasteiger partial charge in [-0.15, -0.1) is 0 Å². The molecule has 0 aliphatic carbocycles. The maximum absolute atomic E-state index is 11.8. The van der Waals surface area contributed by atoms with Crippen LogP contribution in [0.5, 0.6) is 0 Å². The van der Waals surface area contributed by atoms with Gasteiger partial charge in [0.15, 0.2) is 0 Å². The Morgan fingerprint density at radius 1 is 1.18 bits per heavy atom. The molecule has 0 aromatic rings. The monoisotopic (exact) mass is 297 g/mol. The lowest BCUT2D eigenvalue weighted by Gasteiger charge is -2.13. The molecule has 2 amide bonds. The van der Waals surface area contributed by atoms with Crippen LogP contribution in [0.2, 0.25) is 0 Å². The number of alkyl halides is 1. The first-order chi connectivity index (χ1) is 8.06. The molecule has 0 saturated carbocycles. The molecule has 0 aromatic heterocycles. The van der Waals surface area contributed by atoms with Crippen molar-refractivity contribution in [2.24, 2.45) is 0 Å². The number of carbonyl (C=O) groups is 3. The topological polar surface area (TPSA) is 54.5 Å². The molecule has 0 aromatic carbocycles. The lowest BCUT2D eigenvalue weighted by atomic mass is 10.1. The largest absolute Gasteiger partial charge is 0.299 e. The number of ketones is 1. The first kappa shape index (κ1) is 13.6. The van der Waals surface area contributed by atoms with Gasteiger partial charge in [0, 0.05) is 13.0 Å². The summed E-state index contributed by atoms with van der Waals surface area (Å²) in [6, 6.07) is 0. The zero-order valence-corrected chi connectivity index (χ0v) is 10.8. The highest BCUT2D eigenvalue weighted by molar-refractivity contribution is 9.09. The summed E-state index contributed by atoms with van der Waals surface area (Å²) in [5.74, 6) is -0.887. The quantitative estimate of drug-likeness (QED) is 0.550. The molecular weight excluding hydrogens is 286 g/mol. The summed E-state index contributed by atoms with van der Waals surface area (Å²) in [6.45, 7) is 7.08. The van der Waals surface area contributed by atoms with Crippen LogP contribution in [0.3, 0.4) is 0 Å². The number of nitrogens with zero attached hydrogens (tertiary/aromatic N) is 1. The van der Waals surface area contributed by atoms with E-state index in [1.165, 1.54) is 12.2 Å². The van der Waals surface area contributed by atoms with Gasteiger partial charge in [-0.1, -0.05) is 41.2 Å². The van der Waals surface area contributed by atoms with Gasteiger partial charge in [0.25, 0.3) is 11.8 Å². The van der Waals surface area contributed by atoms with E-state index >= 15 is 0 Å². The second-order valence-corrected chi connectivity index (χ2v) is 3.98. The average molecular weight is 298 g/mol. The Kier molecular flexibility index (Phi) is 4.57. The molecule has 1 aliphatic heterocycles. The fourth-order valence-corrected chi connectivity index (χ4v) is 1.79. The van der Waals surface area contributed by atoms with E-state index in [4.69, 9.17) is 0 Å². The van der Waals surface area contributed by atoms with Gasteiger partial charge < -0.3 is 0 Å². The van der Waals surface area contributed by atoms with Crippen molar-refractivity contribution in [3.63, 3.8) is 0 Å². The summed E-state index contributed by atoms with van der Waals surface area (Å²) in [5, 5.41) is 0.222. The summed E-state index contributed by atoms with van der Waals surface area (Å²) < 4.78 is 0. The van der Waals surface area contributed by atoms with Crippen molar-refractivity contribution in [1.82, 2.24) is 4.90 Å². The van der Waals surface area contributed by atoms with Crippen molar-refractivity contribution in [3.05, 3.63) is 36.5 Å². The summed E-state index contributed by atoms with van der Waals surface area (Å²) in [4.78, 5) is 35.8. The van der Waals surface area contributed by atoms with Gasteiger partial charge >= 0.3 is 0 Å². The van der Waals surface area contributed by atoms with Crippen LogP contribution in [0.25, 0.3) is 0 Å². The van der Waals surface area contributed by atoms with Gasteiger partial charge in [-0.3, -0.25) is 19.3 Å². The average Bonchev–Trinajstić information content (AvgIpc) is 2.57. The highest BCUT2D eigenvalue weighted by atomic mass is 79.9. The van der Waals surface area contributed by atoms with Crippen molar-refractivity contribution < 1.29 is 14.4 Å². The van der Waals surface area contributed by atoms with Crippen molar-refractivity contribution in [3.8, 4) is 0 Å². The van der Waals surface area contributed by atoms with Crippen LogP contribution >= 0.6 is 15.9 Å². The lowest BCUT2D eigenvalue weighted by molar-refractivity contribution is -0.137. The van der Waals surface area contributed by atoms with Crippen LogP contribution in [-0.4, -0.2) is 34.4 Å². The molecule has 0 atom stereocenters. The van der Waals surface area contributed by atoms with Gasteiger partial charge in [-0.05, 0) is 0 Å². The normalized spacial score (nSPS) is 15.5. The molecule has 0 bridgehead atoms. The minimum Gasteiger partial charge on any atom is -0.299 e. The number of Topliss-reactive ketones (excluding diaryl/α,β-unsaturated/α-hetero) is 1. The van der Waals surface area contributed by atoms with E-state index in [2.05, 4.69) is 29.1 Å². The van der Waals surface area contributed by atoms with Crippen LogP contribution in [0, 0.1) is 0 Å². The lowest BCUT2D eigenvalue weighted by Crippen LogP contribution is -2.33. The number of amides is 2. The molecule has 4 nitrogen and oxygen atoms in total. The highest BCUT2D eigenvalue weighted by Crippen LogP contribution is 2.22. The van der Waals surface area contributed by atoms with Gasteiger partial charge in [-0.2, -0.15) is 0 Å². The molecule has 5 heteroatoms. The van der Waals surface area contributed by atoms with Crippen LogP contribution in [0.4, 0.5) is 0 Å². The molecule has 1 heterocycles. The van der Waals surface area contributed by atoms with Crippen LogP contribution in [0.15, 0.2) is 36.5 Å². The molecular formula is C12H12BrNO3. The summed E-state index contributed by atoms with van der Waals surface area (Å²) >= 11 is 3.02. The predicted octanol–water partition coefficient (Wildman–Crippen LogP) is 1.38. The van der Waals surface area contributed by atoms with Crippen LogP contribution < -0.4 is 0 Å². The first-order valence-electron chi connectivity index (χ1n) is 4.99. The zero-order valence-electron chi connectivity index (χ0n) is 9.24. The van der Waals surface area contributed by atoms with E-state index in [0.717, 1.165) is 4.90 Å². The molecule has 90 valence electrons. The molecule has 0 radical (unpaired) electrons. The Morgan fingerprint density at radius 2 is 1.65 bits per heavy atom. The maximum Gasteiger partial charge on any atom is 0.261 e. The number of hydrogen-bond acceptors (Lipinski definition) is 3. The highest BCUT2D eigenvalue weighted by Gasteiger charge is 2.34. The molecule has 0 fully saturated rings. The third-order valence-corrected chi connectivity index (χ3v) is 3.04. The molecule has 1 rings (SSSR count). The van der Waals surface area contributed by atoms with Crippen molar-refractivity contribution >= 4 is 33.5 Å². The van der Waals surface area contributed by atoms with Crippen molar-refractivity contribution in [2.45, 2.75) is 6.42 Å². The number of hydrogen-bond donors (Lipinski definition) is 0. The van der Waals surface area contributed by atoms with Crippen molar-refractivity contribution in [1.29, 1.82) is 0 Å². The Bertz CT molecular complexity index is 407. The second kappa shape index (κ2) is 5.72. The number of imide groups is 1. The Hall–Kier alpha value is -1.49. The molecule has 0 spiro atoms. The van der Waals surface area contributed by atoms with E-state index < -0.39 is 11.8 Å². The van der Waals surface area contributed by atoms with E-state index in [9.17, 15) is 14.4 Å². The number of carbonyl (C=O) groups excluding carboxylic acids is 3. The van der Waals surface area contributed by atoms with E-state index in [1.54, 1.807) is 0 Å². The molecule has 0 unspecified atom stereocenters. The van der Waals surface area contributed by atoms with Crippen LogP contribution in [0.1, 0.15) is 6.42 Å². The molecule has 17 heavy (non-hydrogen) atoms. The summed E-state index contributed by atoms with van der Waals surface area (Å²) in [6.07, 6.45) is 2.82. The smallest absolute Gasteiger partial charge is 0.261 e. The van der Waals surface area contributed by atoms with Gasteiger partial charge in [0.05, 0.1) is 16.5 Å². The Morgan fingerprint density at radius 3 is 2.00 bits per heavy atom. The van der Waals surface area contributed by atoms with Crippen LogP contribution in [-0.2, 0) is 14.4 Å². The zero-order chi connectivity index (χ0) is 13.0. The third kappa shape index (κ3) is 2.61. The molecule has 1 aliphatic rings. The van der Waals surface area contributed by atoms with Gasteiger partial charge in [-0.25, -0.2) is 0 Å². The first-order valence-corrected chi connectivity index (χ1v) is 6.12. The Labute approximate surface area is 108 Å². The number of rotatable bonds is 6. The fraction of sp³-hybridized carbons (Fsp3) is 0.250.